The van der Waals surface area contributed by atoms with E-state index in [0.717, 1.165) is 31.0 Å². The number of methoxy groups -OCH3 is 1. The average molecular weight is 388 g/mol. The third kappa shape index (κ3) is 4.17. The van der Waals surface area contributed by atoms with E-state index < -0.39 is 0 Å². The summed E-state index contributed by atoms with van der Waals surface area (Å²) in [6, 6.07) is 7.64. The van der Waals surface area contributed by atoms with E-state index in [1.165, 1.54) is 0 Å². The quantitative estimate of drug-likeness (QED) is 0.721. The Hall–Kier alpha value is -1.90. The second-order valence-electron chi connectivity index (χ2n) is 7.07. The van der Waals surface area contributed by atoms with Crippen molar-refractivity contribution in [2.45, 2.75) is 30.4 Å². The highest BCUT2D eigenvalue weighted by Gasteiger charge is 2.51. The van der Waals surface area contributed by atoms with Crippen molar-refractivity contribution in [2.75, 3.05) is 32.6 Å². The summed E-state index contributed by atoms with van der Waals surface area (Å²) >= 11 is 1.93. The molecule has 0 saturated carbocycles. The van der Waals surface area contributed by atoms with Gasteiger partial charge in [-0.15, -0.1) is 11.8 Å². The van der Waals surface area contributed by atoms with Gasteiger partial charge in [-0.05, 0) is 24.6 Å². The Morgan fingerprint density at radius 1 is 1.37 bits per heavy atom. The maximum atomic E-state index is 12.6. The second-order valence-corrected chi connectivity index (χ2v) is 8.56. The highest BCUT2D eigenvalue weighted by molar-refractivity contribution is 8.01. The van der Waals surface area contributed by atoms with Crippen LogP contribution in [0.4, 0.5) is 0 Å². The number of amides is 1. The molecule has 1 amide bonds. The fourth-order valence-electron chi connectivity index (χ4n) is 3.56. The van der Waals surface area contributed by atoms with E-state index in [2.05, 4.69) is 10.1 Å². The van der Waals surface area contributed by atoms with E-state index in [0.29, 0.717) is 25.5 Å². The molecule has 0 unspecified atom stereocenters. The summed E-state index contributed by atoms with van der Waals surface area (Å²) in [6.07, 6.45) is 4.82. The SMILES string of the molecule is COCCn1ccc(C(=O)N2CC3(C[C@H](OCc4ccccn4)CS3)C2)n1. The van der Waals surface area contributed by atoms with Crippen molar-refractivity contribution in [1.29, 1.82) is 0 Å². The van der Waals surface area contributed by atoms with Crippen LogP contribution in [0, 0.1) is 0 Å². The number of hydrogen-bond acceptors (Lipinski definition) is 6. The Kier molecular flexibility index (Phi) is 5.47. The molecule has 7 nitrogen and oxygen atoms in total. The number of likely N-dealkylation sites (tertiary alicyclic amines) is 1. The molecule has 8 heteroatoms. The largest absolute Gasteiger partial charge is 0.383 e. The van der Waals surface area contributed by atoms with Gasteiger partial charge in [0, 0.05) is 38.3 Å². The Bertz CT molecular complexity index is 776. The number of carbonyl (C=O) groups excluding carboxylic acids is 1. The molecule has 0 aromatic carbocycles. The number of rotatable bonds is 7. The number of ether oxygens (including phenoxy) is 2. The van der Waals surface area contributed by atoms with Gasteiger partial charge in [0.2, 0.25) is 0 Å². The zero-order valence-electron chi connectivity index (χ0n) is 15.4. The summed E-state index contributed by atoms with van der Waals surface area (Å²) in [5.41, 5.74) is 1.46. The fraction of sp³-hybridized carbons (Fsp3) is 0.526. The van der Waals surface area contributed by atoms with Gasteiger partial charge in [0.05, 0.1) is 36.3 Å². The van der Waals surface area contributed by atoms with Gasteiger partial charge >= 0.3 is 0 Å². The van der Waals surface area contributed by atoms with Crippen LogP contribution >= 0.6 is 11.8 Å². The van der Waals surface area contributed by atoms with Crippen molar-refractivity contribution in [3.63, 3.8) is 0 Å². The van der Waals surface area contributed by atoms with Crippen molar-refractivity contribution < 1.29 is 14.3 Å². The van der Waals surface area contributed by atoms with Gasteiger partial charge in [0.15, 0.2) is 0 Å². The van der Waals surface area contributed by atoms with Gasteiger partial charge < -0.3 is 14.4 Å². The molecular formula is C19H24N4O3S. The zero-order chi connectivity index (χ0) is 18.7. The van der Waals surface area contributed by atoms with Gasteiger partial charge in [0.25, 0.3) is 5.91 Å². The fourth-order valence-corrected chi connectivity index (χ4v) is 5.11. The first kappa shape index (κ1) is 18.5. The molecule has 4 heterocycles. The van der Waals surface area contributed by atoms with Gasteiger partial charge in [-0.1, -0.05) is 6.07 Å². The van der Waals surface area contributed by atoms with E-state index in [1.54, 1.807) is 24.1 Å². The maximum absolute atomic E-state index is 12.6. The van der Waals surface area contributed by atoms with E-state index >= 15 is 0 Å². The van der Waals surface area contributed by atoms with E-state index in [1.807, 2.05) is 41.1 Å². The number of thioether (sulfide) groups is 1. The van der Waals surface area contributed by atoms with Crippen molar-refractivity contribution in [1.82, 2.24) is 19.7 Å². The smallest absolute Gasteiger partial charge is 0.274 e. The van der Waals surface area contributed by atoms with Gasteiger partial charge in [-0.25, -0.2) is 0 Å². The number of pyridine rings is 1. The molecule has 0 aliphatic carbocycles. The molecule has 2 fully saturated rings. The minimum Gasteiger partial charge on any atom is -0.383 e. The summed E-state index contributed by atoms with van der Waals surface area (Å²) in [7, 11) is 1.65. The van der Waals surface area contributed by atoms with Gasteiger partial charge in [-0.3, -0.25) is 14.5 Å². The van der Waals surface area contributed by atoms with Crippen LogP contribution in [0.25, 0.3) is 0 Å². The highest BCUT2D eigenvalue weighted by Crippen LogP contribution is 2.46. The lowest BCUT2D eigenvalue weighted by molar-refractivity contribution is 0.0242. The zero-order valence-corrected chi connectivity index (χ0v) is 16.2. The molecule has 1 atom stereocenters. The van der Waals surface area contributed by atoms with E-state index in [-0.39, 0.29) is 16.8 Å². The molecule has 0 N–H and O–H groups in total. The lowest BCUT2D eigenvalue weighted by Gasteiger charge is -2.47. The van der Waals surface area contributed by atoms with Crippen molar-refractivity contribution >= 4 is 17.7 Å². The first-order valence-corrected chi connectivity index (χ1v) is 10.1. The molecule has 144 valence electrons. The Morgan fingerprint density at radius 3 is 3.04 bits per heavy atom. The molecular weight excluding hydrogens is 364 g/mol. The molecule has 0 radical (unpaired) electrons. The van der Waals surface area contributed by atoms with Crippen LogP contribution in [0.15, 0.2) is 36.7 Å². The standard InChI is InChI=1S/C19H24N4O3S/c1-25-9-8-23-7-5-17(21-23)18(24)22-13-19(14-22)10-16(12-27-19)26-11-15-4-2-3-6-20-15/h2-7,16H,8-14H2,1H3/t16-/m0/s1. The first-order valence-electron chi connectivity index (χ1n) is 9.15. The number of aromatic nitrogens is 3. The summed E-state index contributed by atoms with van der Waals surface area (Å²) < 4.78 is 13.0. The van der Waals surface area contributed by atoms with E-state index in [9.17, 15) is 4.79 Å². The molecule has 4 rings (SSSR count). The molecule has 2 aromatic rings. The Morgan fingerprint density at radius 2 is 2.26 bits per heavy atom. The molecule has 1 spiro atoms. The van der Waals surface area contributed by atoms with Crippen LogP contribution in [0.5, 0.6) is 0 Å². The van der Waals surface area contributed by atoms with Gasteiger partial charge in [0.1, 0.15) is 5.69 Å². The van der Waals surface area contributed by atoms with E-state index in [4.69, 9.17) is 9.47 Å². The normalized spacial score (nSPS) is 20.8. The van der Waals surface area contributed by atoms with Crippen molar-refractivity contribution in [3.8, 4) is 0 Å². The second kappa shape index (κ2) is 8.00. The van der Waals surface area contributed by atoms with Gasteiger partial charge in [-0.2, -0.15) is 5.10 Å². The molecule has 2 aliphatic rings. The Labute approximate surface area is 163 Å². The van der Waals surface area contributed by atoms with Crippen LogP contribution in [0.2, 0.25) is 0 Å². The highest BCUT2D eigenvalue weighted by atomic mass is 32.2. The number of nitrogens with zero attached hydrogens (tertiary/aromatic N) is 4. The topological polar surface area (TPSA) is 69.5 Å². The number of hydrogen-bond donors (Lipinski definition) is 0. The lowest BCUT2D eigenvalue weighted by atomic mass is 9.92. The van der Waals surface area contributed by atoms with Crippen LogP contribution < -0.4 is 0 Å². The molecule has 0 bridgehead atoms. The van der Waals surface area contributed by atoms with Crippen LogP contribution in [0.1, 0.15) is 22.6 Å². The monoisotopic (exact) mass is 388 g/mol. The molecule has 2 saturated heterocycles. The van der Waals surface area contributed by atoms with Crippen LogP contribution in [-0.4, -0.2) is 69.0 Å². The third-order valence-electron chi connectivity index (χ3n) is 5.00. The van der Waals surface area contributed by atoms with Crippen molar-refractivity contribution in [2.24, 2.45) is 0 Å². The number of carbonyl (C=O) groups is 1. The molecule has 2 aromatic heterocycles. The maximum Gasteiger partial charge on any atom is 0.274 e. The first-order chi connectivity index (χ1) is 13.2. The molecule has 2 aliphatic heterocycles. The minimum atomic E-state index is 0.00949. The minimum absolute atomic E-state index is 0.00949. The lowest BCUT2D eigenvalue weighted by Crippen LogP contribution is -2.60. The summed E-state index contributed by atoms with van der Waals surface area (Å²) in [4.78, 5) is 18.8. The average Bonchev–Trinajstić information content (AvgIpc) is 3.31. The van der Waals surface area contributed by atoms with Crippen molar-refractivity contribution in [3.05, 3.63) is 48.0 Å². The summed E-state index contributed by atoms with van der Waals surface area (Å²) in [5, 5.41) is 4.35. The Balaban J connectivity index is 1.25. The summed E-state index contributed by atoms with van der Waals surface area (Å²) in [5.74, 6) is 0.982. The van der Waals surface area contributed by atoms with Crippen LogP contribution in [0.3, 0.4) is 0 Å². The third-order valence-corrected chi connectivity index (χ3v) is 6.57. The van der Waals surface area contributed by atoms with Crippen LogP contribution in [-0.2, 0) is 22.6 Å². The summed E-state index contributed by atoms with van der Waals surface area (Å²) in [6.45, 7) is 3.32. The molecule has 27 heavy (non-hydrogen) atoms. The predicted molar refractivity (Wildman–Crippen MR) is 103 cm³/mol. The predicted octanol–water partition coefficient (Wildman–Crippen LogP) is 1.84.